The number of carbonyl (C=O) groups is 2. The van der Waals surface area contributed by atoms with Gasteiger partial charge in [0.05, 0.1) is 5.60 Å². The van der Waals surface area contributed by atoms with Crippen LogP contribution in [0.1, 0.15) is 59.9 Å². The maximum absolute atomic E-state index is 12.7. The second-order valence-corrected chi connectivity index (χ2v) is 9.49. The molecule has 33 heavy (non-hydrogen) atoms. The van der Waals surface area contributed by atoms with Crippen molar-refractivity contribution in [1.82, 2.24) is 10.6 Å². The second-order valence-electron chi connectivity index (χ2n) is 9.49. The van der Waals surface area contributed by atoms with Crippen molar-refractivity contribution in [2.45, 2.75) is 85.1 Å². The standard InChI is InChI=1S/C23H35F3N2O5/c1-7-22(5,6)33-18(21(2,3)4)20(31)27-12-11-17(29)19(30)28-14-15-9-8-10-16(13-15)32-23(24,25)26/h8-10,13,17-18,29H,7,11-12,14H2,1-6H3,(H,27,31)(H,28,30). The first kappa shape index (κ1) is 28.7. The molecule has 0 aliphatic heterocycles. The van der Waals surface area contributed by atoms with Gasteiger partial charge < -0.3 is 25.2 Å². The molecule has 0 aliphatic carbocycles. The molecule has 2 unspecified atom stereocenters. The normalized spacial score (nSPS) is 14.4. The van der Waals surface area contributed by atoms with Gasteiger partial charge in [-0.05, 0) is 49.8 Å². The quantitative estimate of drug-likeness (QED) is 0.453. The summed E-state index contributed by atoms with van der Waals surface area (Å²) in [6.07, 6.45) is -6.25. The number of carbonyl (C=O) groups excluding carboxylic acids is 2. The molecule has 1 aromatic rings. The fourth-order valence-corrected chi connectivity index (χ4v) is 2.74. The highest BCUT2D eigenvalue weighted by atomic mass is 19.4. The lowest BCUT2D eigenvalue weighted by Gasteiger charge is -2.36. The predicted octanol–water partition coefficient (Wildman–Crippen LogP) is 3.69. The molecule has 0 aliphatic rings. The summed E-state index contributed by atoms with van der Waals surface area (Å²) in [6.45, 7) is 11.4. The molecular weight excluding hydrogens is 441 g/mol. The van der Waals surface area contributed by atoms with E-state index in [1.165, 1.54) is 12.1 Å². The van der Waals surface area contributed by atoms with E-state index in [9.17, 15) is 27.9 Å². The van der Waals surface area contributed by atoms with E-state index in [2.05, 4.69) is 15.4 Å². The van der Waals surface area contributed by atoms with E-state index < -0.39 is 41.2 Å². The van der Waals surface area contributed by atoms with Crippen LogP contribution in [0.15, 0.2) is 24.3 Å². The van der Waals surface area contributed by atoms with E-state index in [0.29, 0.717) is 5.56 Å². The Kier molecular flexibility index (Phi) is 10.2. The van der Waals surface area contributed by atoms with E-state index in [0.717, 1.165) is 18.6 Å². The molecule has 188 valence electrons. The average Bonchev–Trinajstić information content (AvgIpc) is 2.68. The van der Waals surface area contributed by atoms with Gasteiger partial charge in [-0.2, -0.15) is 0 Å². The Hall–Kier alpha value is -2.33. The summed E-state index contributed by atoms with van der Waals surface area (Å²) in [6, 6.07) is 5.17. The maximum atomic E-state index is 12.7. The summed E-state index contributed by atoms with van der Waals surface area (Å²) < 4.78 is 46.8. The van der Waals surface area contributed by atoms with Gasteiger partial charge in [0.25, 0.3) is 0 Å². The minimum absolute atomic E-state index is 0.0389. The van der Waals surface area contributed by atoms with Gasteiger partial charge in [0.2, 0.25) is 11.8 Å². The Labute approximate surface area is 193 Å². The van der Waals surface area contributed by atoms with Crippen LogP contribution in [-0.4, -0.2) is 47.6 Å². The zero-order valence-corrected chi connectivity index (χ0v) is 20.0. The third kappa shape index (κ3) is 10.9. The Bertz CT molecular complexity index is 791. The van der Waals surface area contributed by atoms with Crippen LogP contribution in [-0.2, 0) is 20.9 Å². The summed E-state index contributed by atoms with van der Waals surface area (Å²) in [4.78, 5) is 24.8. The van der Waals surface area contributed by atoms with Gasteiger partial charge in [0.15, 0.2) is 0 Å². The molecule has 1 aromatic carbocycles. The minimum atomic E-state index is -4.81. The molecule has 3 N–H and O–H groups in total. The highest BCUT2D eigenvalue weighted by molar-refractivity contribution is 5.82. The molecule has 0 fully saturated rings. The zero-order chi connectivity index (χ0) is 25.4. The second kappa shape index (κ2) is 11.7. The van der Waals surface area contributed by atoms with Crippen molar-refractivity contribution in [3.8, 4) is 5.75 Å². The lowest BCUT2D eigenvalue weighted by molar-refractivity contribution is -0.274. The fourth-order valence-electron chi connectivity index (χ4n) is 2.74. The number of alkyl halides is 3. The largest absolute Gasteiger partial charge is 0.573 e. The first-order valence-corrected chi connectivity index (χ1v) is 10.8. The van der Waals surface area contributed by atoms with Crippen LogP contribution in [0.4, 0.5) is 13.2 Å². The van der Waals surface area contributed by atoms with Crippen LogP contribution in [0.5, 0.6) is 5.75 Å². The SMILES string of the molecule is CCC(C)(C)OC(C(=O)NCCC(O)C(=O)NCc1cccc(OC(F)(F)F)c1)C(C)(C)C. The minimum Gasteiger partial charge on any atom is -0.406 e. The number of amides is 2. The predicted molar refractivity (Wildman–Crippen MR) is 117 cm³/mol. The van der Waals surface area contributed by atoms with Crippen LogP contribution in [0.3, 0.4) is 0 Å². The number of aliphatic hydroxyl groups is 1. The van der Waals surface area contributed by atoms with Gasteiger partial charge in [-0.25, -0.2) is 0 Å². The van der Waals surface area contributed by atoms with Gasteiger partial charge in [-0.3, -0.25) is 9.59 Å². The van der Waals surface area contributed by atoms with E-state index in [-0.39, 0.29) is 25.4 Å². The summed E-state index contributed by atoms with van der Waals surface area (Å²) in [5.74, 6) is -1.44. The van der Waals surface area contributed by atoms with Gasteiger partial charge in [-0.1, -0.05) is 39.8 Å². The third-order valence-corrected chi connectivity index (χ3v) is 4.93. The first-order valence-electron chi connectivity index (χ1n) is 10.8. The molecule has 0 bridgehead atoms. The van der Waals surface area contributed by atoms with Gasteiger partial charge >= 0.3 is 6.36 Å². The van der Waals surface area contributed by atoms with Gasteiger partial charge in [-0.15, -0.1) is 13.2 Å². The number of ether oxygens (including phenoxy) is 2. The Morgan fingerprint density at radius 2 is 1.70 bits per heavy atom. The van der Waals surface area contributed by atoms with E-state index in [4.69, 9.17) is 4.74 Å². The molecule has 1 rings (SSSR count). The topological polar surface area (TPSA) is 96.9 Å². The number of rotatable bonds is 11. The summed E-state index contributed by atoms with van der Waals surface area (Å²) in [5.41, 5.74) is -0.581. The third-order valence-electron chi connectivity index (χ3n) is 4.93. The van der Waals surface area contributed by atoms with Crippen molar-refractivity contribution in [3.63, 3.8) is 0 Å². The van der Waals surface area contributed by atoms with Crippen molar-refractivity contribution in [2.24, 2.45) is 5.41 Å². The lowest BCUT2D eigenvalue weighted by atomic mass is 9.87. The van der Waals surface area contributed by atoms with Crippen molar-refractivity contribution < 1.29 is 37.3 Å². The number of benzene rings is 1. The monoisotopic (exact) mass is 476 g/mol. The van der Waals surface area contributed by atoms with Crippen molar-refractivity contribution in [2.75, 3.05) is 6.54 Å². The number of hydrogen-bond acceptors (Lipinski definition) is 5. The molecule has 0 spiro atoms. The Morgan fingerprint density at radius 1 is 1.06 bits per heavy atom. The number of aliphatic hydroxyl groups excluding tert-OH is 1. The average molecular weight is 477 g/mol. The van der Waals surface area contributed by atoms with Crippen molar-refractivity contribution >= 4 is 11.8 Å². The molecule has 0 aromatic heterocycles. The van der Waals surface area contributed by atoms with Crippen LogP contribution in [0.2, 0.25) is 0 Å². The van der Waals surface area contributed by atoms with Gasteiger partial charge in [0.1, 0.15) is 18.0 Å². The molecule has 2 atom stereocenters. The number of nitrogens with one attached hydrogen (secondary N) is 2. The molecule has 2 amide bonds. The molecule has 0 saturated heterocycles. The molecule has 0 heterocycles. The molecule has 0 saturated carbocycles. The molecule has 0 radical (unpaired) electrons. The number of halogens is 3. The van der Waals surface area contributed by atoms with E-state index in [1.54, 1.807) is 0 Å². The molecular formula is C23H35F3N2O5. The first-order chi connectivity index (χ1) is 15.0. The van der Waals surface area contributed by atoms with Crippen LogP contribution in [0.25, 0.3) is 0 Å². The lowest BCUT2D eigenvalue weighted by Crippen LogP contribution is -2.49. The summed E-state index contributed by atoms with van der Waals surface area (Å²) in [7, 11) is 0. The Morgan fingerprint density at radius 3 is 2.24 bits per heavy atom. The fraction of sp³-hybridized carbons (Fsp3) is 0.652. The van der Waals surface area contributed by atoms with E-state index >= 15 is 0 Å². The maximum Gasteiger partial charge on any atom is 0.573 e. The van der Waals surface area contributed by atoms with E-state index in [1.807, 2.05) is 41.5 Å². The van der Waals surface area contributed by atoms with Crippen LogP contribution < -0.4 is 15.4 Å². The van der Waals surface area contributed by atoms with Crippen LogP contribution >= 0.6 is 0 Å². The zero-order valence-electron chi connectivity index (χ0n) is 20.0. The summed E-state index contributed by atoms with van der Waals surface area (Å²) in [5, 5.41) is 15.2. The van der Waals surface area contributed by atoms with Crippen molar-refractivity contribution in [1.29, 1.82) is 0 Å². The summed E-state index contributed by atoms with van der Waals surface area (Å²) >= 11 is 0. The smallest absolute Gasteiger partial charge is 0.406 e. The highest BCUT2D eigenvalue weighted by Gasteiger charge is 2.36. The highest BCUT2D eigenvalue weighted by Crippen LogP contribution is 2.28. The molecule has 10 heteroatoms. The Balaban J connectivity index is 2.55. The molecule has 7 nitrogen and oxygen atoms in total. The van der Waals surface area contributed by atoms with Crippen molar-refractivity contribution in [3.05, 3.63) is 29.8 Å². The van der Waals surface area contributed by atoms with Crippen LogP contribution in [0, 0.1) is 5.41 Å². The number of hydrogen-bond donors (Lipinski definition) is 3. The van der Waals surface area contributed by atoms with Gasteiger partial charge in [0, 0.05) is 13.1 Å².